The fourth-order valence-corrected chi connectivity index (χ4v) is 3.51. The van der Waals surface area contributed by atoms with Crippen LogP contribution in [0.15, 0.2) is 18.2 Å². The van der Waals surface area contributed by atoms with E-state index in [1.165, 1.54) is 11.6 Å². The number of halogens is 1. The van der Waals surface area contributed by atoms with Gasteiger partial charge in [-0.15, -0.1) is 0 Å². The zero-order valence-electron chi connectivity index (χ0n) is 12.8. The topological polar surface area (TPSA) is 96.6 Å². The Morgan fingerprint density at radius 1 is 1.25 bits per heavy atom. The molecule has 1 aliphatic carbocycles. The number of hydrogen-bond donors (Lipinski definition) is 2. The molecule has 0 saturated heterocycles. The number of carboxylic acids is 2. The van der Waals surface area contributed by atoms with Gasteiger partial charge in [-0.1, -0.05) is 11.6 Å². The predicted octanol–water partition coefficient (Wildman–Crippen LogP) is 2.33. The Bertz CT molecular complexity index is 897. The maximum absolute atomic E-state index is 12.9. The Kier molecular flexibility index (Phi) is 3.93. The van der Waals surface area contributed by atoms with Gasteiger partial charge in [0.1, 0.15) is 0 Å². The van der Waals surface area contributed by atoms with Crippen LogP contribution in [-0.2, 0) is 31.1 Å². The summed E-state index contributed by atoms with van der Waals surface area (Å²) >= 11 is 5.98. The molecule has 0 spiro atoms. The molecule has 0 fully saturated rings. The van der Waals surface area contributed by atoms with Crippen molar-refractivity contribution < 1.29 is 24.6 Å². The first-order chi connectivity index (χ1) is 11.3. The molecule has 2 N–H and O–H groups in total. The highest BCUT2D eigenvalue weighted by Crippen LogP contribution is 2.32. The van der Waals surface area contributed by atoms with E-state index in [4.69, 9.17) is 16.7 Å². The van der Waals surface area contributed by atoms with Gasteiger partial charge in [-0.3, -0.25) is 9.59 Å². The van der Waals surface area contributed by atoms with Crippen molar-refractivity contribution in [2.45, 2.75) is 19.3 Å². The third-order valence-corrected chi connectivity index (χ3v) is 4.56. The monoisotopic (exact) mass is 347 g/mol. The normalized spacial score (nSPS) is 13.2. The molecule has 3 rings (SSSR count). The van der Waals surface area contributed by atoms with Crippen LogP contribution in [0.2, 0.25) is 5.02 Å². The van der Waals surface area contributed by atoms with Crippen LogP contribution < -0.4 is 0 Å². The van der Waals surface area contributed by atoms with Crippen molar-refractivity contribution in [1.82, 2.24) is 4.57 Å². The summed E-state index contributed by atoms with van der Waals surface area (Å²) in [7, 11) is 1.53. The molecule has 1 aliphatic rings. The van der Waals surface area contributed by atoms with E-state index in [1.807, 2.05) is 0 Å². The number of fused-ring (bicyclic) bond motifs is 2. The number of benzene rings is 1. The summed E-state index contributed by atoms with van der Waals surface area (Å²) in [6, 6.07) is 4.95. The number of carboxylic acid groups (broad SMARTS) is 2. The Morgan fingerprint density at radius 3 is 2.58 bits per heavy atom. The minimum absolute atomic E-state index is 0.0813. The first-order valence-electron chi connectivity index (χ1n) is 7.30. The van der Waals surface area contributed by atoms with Crippen molar-refractivity contribution in [3.05, 3.63) is 56.9 Å². The van der Waals surface area contributed by atoms with Crippen molar-refractivity contribution in [3.8, 4) is 0 Å². The van der Waals surface area contributed by atoms with Gasteiger partial charge in [0.2, 0.25) is 5.78 Å². The van der Waals surface area contributed by atoms with Crippen molar-refractivity contribution in [2.75, 3.05) is 0 Å². The van der Waals surface area contributed by atoms with Crippen LogP contribution in [0.5, 0.6) is 0 Å². The average molecular weight is 348 g/mol. The van der Waals surface area contributed by atoms with Crippen LogP contribution >= 0.6 is 11.6 Å². The molecule has 24 heavy (non-hydrogen) atoms. The Labute approximate surface area is 142 Å². The summed E-state index contributed by atoms with van der Waals surface area (Å²) in [5.74, 6) is -2.68. The number of aliphatic carboxylic acids is 1. The SMILES string of the molecule is Cn1c(CC(=O)O)c(C(=O)O)c2c1C(=O)c1ccc(Cl)cc1CC2. The molecule has 1 aromatic heterocycles. The van der Waals surface area contributed by atoms with Crippen LogP contribution in [0.3, 0.4) is 0 Å². The Balaban J connectivity index is 2.26. The second kappa shape index (κ2) is 5.79. The lowest BCUT2D eigenvalue weighted by atomic mass is 10.0. The molecular formula is C17H14ClNO5. The molecule has 0 bridgehead atoms. The molecule has 1 heterocycles. The lowest BCUT2D eigenvalue weighted by molar-refractivity contribution is -0.136. The zero-order chi connectivity index (χ0) is 17.6. The number of hydrogen-bond acceptors (Lipinski definition) is 3. The van der Waals surface area contributed by atoms with E-state index in [0.717, 1.165) is 5.56 Å². The van der Waals surface area contributed by atoms with Gasteiger partial charge >= 0.3 is 11.9 Å². The van der Waals surface area contributed by atoms with Gasteiger partial charge in [0.25, 0.3) is 0 Å². The van der Waals surface area contributed by atoms with E-state index >= 15 is 0 Å². The number of aromatic carboxylic acids is 1. The number of nitrogens with zero attached hydrogens (tertiary/aromatic N) is 1. The van der Waals surface area contributed by atoms with Crippen LogP contribution in [0, 0.1) is 0 Å². The van der Waals surface area contributed by atoms with Crippen molar-refractivity contribution in [3.63, 3.8) is 0 Å². The highest BCUT2D eigenvalue weighted by molar-refractivity contribution is 6.30. The van der Waals surface area contributed by atoms with Gasteiger partial charge in [-0.25, -0.2) is 4.79 Å². The highest BCUT2D eigenvalue weighted by Gasteiger charge is 2.32. The Morgan fingerprint density at radius 2 is 1.96 bits per heavy atom. The van der Waals surface area contributed by atoms with Crippen LogP contribution in [0.25, 0.3) is 0 Å². The van der Waals surface area contributed by atoms with Crippen molar-refractivity contribution >= 4 is 29.3 Å². The van der Waals surface area contributed by atoms with E-state index in [9.17, 15) is 19.5 Å². The zero-order valence-corrected chi connectivity index (χ0v) is 13.6. The molecule has 0 aliphatic heterocycles. The lowest BCUT2D eigenvalue weighted by Gasteiger charge is -2.08. The number of carbonyl (C=O) groups excluding carboxylic acids is 1. The van der Waals surface area contributed by atoms with E-state index in [2.05, 4.69) is 0 Å². The minimum atomic E-state index is -1.22. The first-order valence-corrected chi connectivity index (χ1v) is 7.67. The fourth-order valence-electron chi connectivity index (χ4n) is 3.31. The number of ketones is 1. The number of aryl methyl sites for hydroxylation is 1. The van der Waals surface area contributed by atoms with Crippen LogP contribution in [0.1, 0.15) is 43.2 Å². The van der Waals surface area contributed by atoms with Gasteiger partial charge in [-0.05, 0) is 42.2 Å². The fraction of sp³-hybridized carbons (Fsp3) is 0.235. The number of rotatable bonds is 3. The maximum Gasteiger partial charge on any atom is 0.337 e. The largest absolute Gasteiger partial charge is 0.481 e. The van der Waals surface area contributed by atoms with E-state index in [0.29, 0.717) is 29.0 Å². The van der Waals surface area contributed by atoms with Gasteiger partial charge in [0, 0.05) is 23.3 Å². The first kappa shape index (κ1) is 16.3. The maximum atomic E-state index is 12.9. The second-order valence-corrected chi connectivity index (χ2v) is 6.15. The second-order valence-electron chi connectivity index (χ2n) is 5.71. The molecule has 0 radical (unpaired) electrons. The third-order valence-electron chi connectivity index (χ3n) is 4.32. The summed E-state index contributed by atoms with van der Waals surface area (Å²) in [4.78, 5) is 35.7. The highest BCUT2D eigenvalue weighted by atomic mass is 35.5. The third kappa shape index (κ3) is 2.49. The predicted molar refractivity (Wildman–Crippen MR) is 86.0 cm³/mol. The molecular weight excluding hydrogens is 334 g/mol. The van der Waals surface area contributed by atoms with Gasteiger partial charge in [-0.2, -0.15) is 0 Å². The quantitative estimate of drug-likeness (QED) is 0.888. The summed E-state index contributed by atoms with van der Waals surface area (Å²) in [5.41, 5.74) is 1.91. The molecule has 2 aromatic rings. The molecule has 7 heteroatoms. The van der Waals surface area contributed by atoms with Crippen LogP contribution in [-0.4, -0.2) is 32.5 Å². The standard InChI is InChI=1S/C17H14ClNO5/c1-19-12(7-13(20)21)14(17(23)24)11-4-2-8-6-9(18)3-5-10(8)16(22)15(11)19/h3,5-6H,2,4,7H2,1H3,(H,20,21)(H,23,24). The van der Waals surface area contributed by atoms with E-state index in [-0.39, 0.29) is 22.7 Å². The van der Waals surface area contributed by atoms with Gasteiger partial charge in [0.05, 0.1) is 17.7 Å². The molecule has 124 valence electrons. The number of aromatic nitrogens is 1. The van der Waals surface area contributed by atoms with E-state index < -0.39 is 18.4 Å². The molecule has 0 atom stereocenters. The lowest BCUT2D eigenvalue weighted by Crippen LogP contribution is -2.13. The van der Waals surface area contributed by atoms with E-state index in [1.54, 1.807) is 18.2 Å². The molecule has 0 amide bonds. The number of carbonyl (C=O) groups is 3. The molecule has 0 unspecified atom stereocenters. The van der Waals surface area contributed by atoms with Crippen molar-refractivity contribution in [2.24, 2.45) is 7.05 Å². The van der Waals surface area contributed by atoms with Crippen LogP contribution in [0.4, 0.5) is 0 Å². The summed E-state index contributed by atoms with van der Waals surface area (Å²) in [6.45, 7) is 0. The summed E-state index contributed by atoms with van der Waals surface area (Å²) in [5, 5.41) is 19.1. The van der Waals surface area contributed by atoms with Gasteiger partial charge in [0.15, 0.2) is 0 Å². The summed E-state index contributed by atoms with van der Waals surface area (Å²) in [6.07, 6.45) is 0.348. The Hall–Kier alpha value is -2.60. The smallest absolute Gasteiger partial charge is 0.337 e. The summed E-state index contributed by atoms with van der Waals surface area (Å²) < 4.78 is 1.40. The minimum Gasteiger partial charge on any atom is -0.481 e. The van der Waals surface area contributed by atoms with Crippen molar-refractivity contribution in [1.29, 1.82) is 0 Å². The average Bonchev–Trinajstić information content (AvgIpc) is 2.67. The molecule has 6 nitrogen and oxygen atoms in total. The molecule has 0 saturated carbocycles. The molecule has 1 aromatic carbocycles. The van der Waals surface area contributed by atoms with Gasteiger partial charge < -0.3 is 14.8 Å².